The maximum atomic E-state index is 4.55. The molecule has 2 heterocycles. The number of piperidine rings is 1. The number of pyridine rings is 1. The molecular formula is C32H35N3S. The lowest BCUT2D eigenvalue weighted by Crippen LogP contribution is -2.40. The Balaban J connectivity index is 1.19. The van der Waals surface area contributed by atoms with E-state index in [4.69, 9.17) is 0 Å². The molecule has 0 aliphatic carbocycles. The molecular weight excluding hydrogens is 458 g/mol. The molecule has 0 spiro atoms. The average molecular weight is 494 g/mol. The van der Waals surface area contributed by atoms with E-state index in [1.54, 1.807) is 11.9 Å². The van der Waals surface area contributed by atoms with E-state index in [1.165, 1.54) is 43.2 Å². The van der Waals surface area contributed by atoms with Crippen LogP contribution in [0.1, 0.15) is 43.7 Å². The van der Waals surface area contributed by atoms with Gasteiger partial charge in [0, 0.05) is 36.1 Å². The lowest BCUT2D eigenvalue weighted by atomic mass is 9.71. The number of hydrogen-bond donors (Lipinski definition) is 1. The van der Waals surface area contributed by atoms with Crippen molar-refractivity contribution in [3.05, 3.63) is 109 Å². The van der Waals surface area contributed by atoms with Crippen molar-refractivity contribution in [2.45, 2.75) is 43.9 Å². The number of rotatable bonds is 9. The van der Waals surface area contributed by atoms with Gasteiger partial charge in [-0.2, -0.15) is 0 Å². The van der Waals surface area contributed by atoms with E-state index in [9.17, 15) is 0 Å². The van der Waals surface area contributed by atoms with Crippen LogP contribution in [0.5, 0.6) is 0 Å². The zero-order chi connectivity index (χ0) is 24.8. The van der Waals surface area contributed by atoms with Gasteiger partial charge < -0.3 is 9.62 Å². The maximum Gasteiger partial charge on any atom is 0.0855 e. The predicted octanol–water partition coefficient (Wildman–Crippen LogP) is 8.45. The highest BCUT2D eigenvalue weighted by Gasteiger charge is 2.34. The number of fused-ring (bicyclic) bond motifs is 1. The van der Waals surface area contributed by atoms with Gasteiger partial charge in [-0.3, -0.25) is 4.98 Å². The lowest BCUT2D eigenvalue weighted by molar-refractivity contribution is 0.128. The number of likely N-dealkylation sites (tertiary alicyclic amines) is 1. The van der Waals surface area contributed by atoms with Crippen LogP contribution < -0.4 is 4.72 Å². The van der Waals surface area contributed by atoms with Crippen molar-refractivity contribution in [1.82, 2.24) is 9.88 Å². The molecule has 1 aliphatic rings. The normalized spacial score (nSPS) is 15.1. The minimum absolute atomic E-state index is 0.411. The van der Waals surface area contributed by atoms with Gasteiger partial charge in [0.25, 0.3) is 0 Å². The summed E-state index contributed by atoms with van der Waals surface area (Å²) in [5.41, 5.74) is 6.32. The van der Waals surface area contributed by atoms with Gasteiger partial charge >= 0.3 is 0 Å². The largest absolute Gasteiger partial charge is 0.371 e. The second-order valence-electron chi connectivity index (χ2n) is 9.96. The number of nitrogens with one attached hydrogen (secondary N) is 1. The molecule has 1 aliphatic heterocycles. The highest BCUT2D eigenvalue weighted by molar-refractivity contribution is 8.00. The third kappa shape index (κ3) is 5.60. The zero-order valence-electron chi connectivity index (χ0n) is 21.1. The molecule has 184 valence electrons. The standard InChI is InChI=1S/C32H35N3S/c1-3-18-32(24-26-9-5-4-6-10-26)19-22-35(23-20-32)25(2)27-14-16-29(17-15-27)34-36-30-13-7-11-28-12-8-21-33-31(28)30/h4-17,21,34H,2-3,18-20,22-24H2,1H3. The van der Waals surface area contributed by atoms with Crippen molar-refractivity contribution >= 4 is 34.2 Å². The van der Waals surface area contributed by atoms with Crippen LogP contribution in [0, 0.1) is 5.41 Å². The van der Waals surface area contributed by atoms with Crippen LogP contribution in [0.3, 0.4) is 0 Å². The molecule has 0 amide bonds. The monoisotopic (exact) mass is 493 g/mol. The number of benzene rings is 3. The van der Waals surface area contributed by atoms with E-state index < -0.39 is 0 Å². The Morgan fingerprint density at radius 1 is 0.944 bits per heavy atom. The summed E-state index contributed by atoms with van der Waals surface area (Å²) in [4.78, 5) is 8.16. The Morgan fingerprint density at radius 3 is 2.44 bits per heavy atom. The summed E-state index contributed by atoms with van der Waals surface area (Å²) < 4.78 is 3.48. The molecule has 1 aromatic heterocycles. The maximum absolute atomic E-state index is 4.55. The third-order valence-electron chi connectivity index (χ3n) is 7.50. The van der Waals surface area contributed by atoms with E-state index in [1.807, 2.05) is 12.3 Å². The van der Waals surface area contributed by atoms with Crippen LogP contribution in [0.4, 0.5) is 5.69 Å². The summed E-state index contributed by atoms with van der Waals surface area (Å²) in [6, 6.07) is 30.0. The lowest BCUT2D eigenvalue weighted by Gasteiger charge is -2.43. The highest BCUT2D eigenvalue weighted by Crippen LogP contribution is 2.41. The number of anilines is 1. The van der Waals surface area contributed by atoms with Gasteiger partial charge in [0.15, 0.2) is 0 Å². The van der Waals surface area contributed by atoms with Crippen LogP contribution in [0.15, 0.2) is 103 Å². The summed E-state index contributed by atoms with van der Waals surface area (Å²) in [7, 11) is 0. The molecule has 0 saturated carbocycles. The molecule has 36 heavy (non-hydrogen) atoms. The van der Waals surface area contributed by atoms with E-state index in [0.717, 1.165) is 40.3 Å². The van der Waals surface area contributed by atoms with E-state index in [-0.39, 0.29) is 0 Å². The molecule has 1 fully saturated rings. The van der Waals surface area contributed by atoms with Crippen LogP contribution in [0.25, 0.3) is 16.6 Å². The topological polar surface area (TPSA) is 28.2 Å². The Morgan fingerprint density at radius 2 is 1.69 bits per heavy atom. The molecule has 0 atom stereocenters. The quantitative estimate of drug-likeness (QED) is 0.237. The molecule has 1 N–H and O–H groups in total. The Hall–Kier alpha value is -3.24. The summed E-state index contributed by atoms with van der Waals surface area (Å²) in [5.74, 6) is 0. The number of nitrogens with zero attached hydrogens (tertiary/aromatic N) is 2. The van der Waals surface area contributed by atoms with Gasteiger partial charge in [0.05, 0.1) is 10.4 Å². The smallest absolute Gasteiger partial charge is 0.0855 e. The van der Waals surface area contributed by atoms with Gasteiger partial charge in [0.1, 0.15) is 0 Å². The van der Waals surface area contributed by atoms with Crippen LogP contribution in [-0.2, 0) is 6.42 Å². The van der Waals surface area contributed by atoms with Gasteiger partial charge in [0.2, 0.25) is 0 Å². The first kappa shape index (κ1) is 24.5. The minimum atomic E-state index is 0.411. The molecule has 5 rings (SSSR count). The summed E-state index contributed by atoms with van der Waals surface area (Å²) in [5, 5.41) is 1.16. The zero-order valence-corrected chi connectivity index (χ0v) is 21.9. The first-order valence-corrected chi connectivity index (χ1v) is 13.8. The summed E-state index contributed by atoms with van der Waals surface area (Å²) in [6.45, 7) is 8.96. The van der Waals surface area contributed by atoms with Gasteiger partial charge in [-0.15, -0.1) is 0 Å². The summed E-state index contributed by atoms with van der Waals surface area (Å²) >= 11 is 1.60. The van der Waals surface area contributed by atoms with E-state index in [2.05, 4.69) is 107 Å². The van der Waals surface area contributed by atoms with Crippen LogP contribution in [0.2, 0.25) is 0 Å². The highest BCUT2D eigenvalue weighted by atomic mass is 32.2. The SMILES string of the molecule is C=C(c1ccc(NSc2cccc3cccnc23)cc1)N1CCC(CCC)(Cc2ccccc2)CC1. The van der Waals surface area contributed by atoms with Crippen LogP contribution in [-0.4, -0.2) is 23.0 Å². The second-order valence-corrected chi connectivity index (χ2v) is 10.8. The number of hydrogen-bond acceptors (Lipinski definition) is 4. The van der Waals surface area contributed by atoms with Crippen molar-refractivity contribution < 1.29 is 0 Å². The second kappa shape index (κ2) is 11.2. The Labute approximate surface area is 219 Å². The van der Waals surface area contributed by atoms with Crippen LogP contribution >= 0.6 is 11.9 Å². The van der Waals surface area contributed by atoms with Crippen molar-refractivity contribution in [1.29, 1.82) is 0 Å². The number of para-hydroxylation sites is 1. The average Bonchev–Trinajstić information content (AvgIpc) is 2.93. The molecule has 0 radical (unpaired) electrons. The molecule has 4 aromatic rings. The molecule has 3 aromatic carbocycles. The molecule has 1 saturated heterocycles. The molecule has 4 heteroatoms. The molecule has 0 bridgehead atoms. The Kier molecular flexibility index (Phi) is 7.62. The molecule has 3 nitrogen and oxygen atoms in total. The van der Waals surface area contributed by atoms with Gasteiger partial charge in [-0.25, -0.2) is 0 Å². The predicted molar refractivity (Wildman–Crippen MR) is 155 cm³/mol. The fourth-order valence-electron chi connectivity index (χ4n) is 5.51. The van der Waals surface area contributed by atoms with Crippen molar-refractivity contribution in [3.63, 3.8) is 0 Å². The third-order valence-corrected chi connectivity index (χ3v) is 8.39. The van der Waals surface area contributed by atoms with E-state index >= 15 is 0 Å². The van der Waals surface area contributed by atoms with Gasteiger partial charge in [-0.1, -0.05) is 80.6 Å². The fourth-order valence-corrected chi connectivity index (χ4v) is 6.29. The van der Waals surface area contributed by atoms with Gasteiger partial charge in [-0.05, 0) is 78.4 Å². The Bertz CT molecular complexity index is 1290. The summed E-state index contributed by atoms with van der Waals surface area (Å²) in [6.07, 6.45) is 8.03. The molecule has 0 unspecified atom stereocenters. The van der Waals surface area contributed by atoms with Crippen molar-refractivity contribution in [2.24, 2.45) is 5.41 Å². The van der Waals surface area contributed by atoms with Crippen molar-refractivity contribution in [3.8, 4) is 0 Å². The first-order chi connectivity index (χ1) is 17.7. The van der Waals surface area contributed by atoms with Crippen molar-refractivity contribution in [2.75, 3.05) is 17.8 Å². The first-order valence-electron chi connectivity index (χ1n) is 13.0. The number of aromatic nitrogens is 1. The minimum Gasteiger partial charge on any atom is -0.371 e. The fraction of sp³-hybridized carbons (Fsp3) is 0.281. The van der Waals surface area contributed by atoms with E-state index in [0.29, 0.717) is 5.41 Å².